The Bertz CT molecular complexity index is 992. The predicted octanol–water partition coefficient (Wildman–Crippen LogP) is 4.81. The van der Waals surface area contributed by atoms with Crippen LogP contribution in [-0.2, 0) is 0 Å². The van der Waals surface area contributed by atoms with Gasteiger partial charge in [0.05, 0.1) is 5.69 Å². The number of hydrogen-bond donors (Lipinski definition) is 2. The second-order valence-corrected chi connectivity index (χ2v) is 5.68. The Kier molecular flexibility index (Phi) is 2.98. The SMILES string of the molecule is Cc1noc(C)c1-c1cc(-c2ccccc2O)c2cc[nH]c2c1. The van der Waals surface area contributed by atoms with Gasteiger partial charge in [-0.25, -0.2) is 0 Å². The van der Waals surface area contributed by atoms with E-state index in [4.69, 9.17) is 4.52 Å². The first-order chi connectivity index (χ1) is 11.1. The summed E-state index contributed by atoms with van der Waals surface area (Å²) < 4.78 is 5.30. The van der Waals surface area contributed by atoms with Crippen molar-refractivity contribution in [3.63, 3.8) is 0 Å². The molecule has 0 fully saturated rings. The number of nitrogens with one attached hydrogen (secondary N) is 1. The van der Waals surface area contributed by atoms with Crippen molar-refractivity contribution in [2.75, 3.05) is 0 Å². The van der Waals surface area contributed by atoms with E-state index in [1.165, 1.54) is 0 Å². The predicted molar refractivity (Wildman–Crippen MR) is 90.4 cm³/mol. The summed E-state index contributed by atoms with van der Waals surface area (Å²) in [7, 11) is 0. The lowest BCUT2D eigenvalue weighted by atomic mass is 9.95. The second-order valence-electron chi connectivity index (χ2n) is 5.68. The number of fused-ring (bicyclic) bond motifs is 1. The van der Waals surface area contributed by atoms with Crippen LogP contribution < -0.4 is 0 Å². The number of hydrogen-bond acceptors (Lipinski definition) is 3. The lowest BCUT2D eigenvalue weighted by molar-refractivity contribution is 0.393. The maximum absolute atomic E-state index is 10.3. The summed E-state index contributed by atoms with van der Waals surface area (Å²) in [5, 5.41) is 15.4. The van der Waals surface area contributed by atoms with Crippen LogP contribution in [0.1, 0.15) is 11.5 Å². The van der Waals surface area contributed by atoms with Crippen LogP contribution in [0.2, 0.25) is 0 Å². The van der Waals surface area contributed by atoms with Gasteiger partial charge in [0.15, 0.2) is 0 Å². The molecule has 0 saturated heterocycles. The number of phenols is 1. The molecule has 0 aliphatic rings. The van der Waals surface area contributed by atoms with Crippen molar-refractivity contribution < 1.29 is 9.63 Å². The fraction of sp³-hybridized carbons (Fsp3) is 0.105. The minimum absolute atomic E-state index is 0.269. The first-order valence-electron chi connectivity index (χ1n) is 7.48. The van der Waals surface area contributed by atoms with Gasteiger partial charge in [0.1, 0.15) is 11.5 Å². The van der Waals surface area contributed by atoms with Gasteiger partial charge in [-0.1, -0.05) is 23.4 Å². The normalized spacial score (nSPS) is 11.2. The maximum atomic E-state index is 10.3. The Balaban J connectivity index is 2.05. The minimum atomic E-state index is 0.269. The average Bonchev–Trinajstić information content (AvgIpc) is 3.13. The third kappa shape index (κ3) is 2.11. The molecule has 0 aliphatic heterocycles. The van der Waals surface area contributed by atoms with Crippen LogP contribution >= 0.6 is 0 Å². The molecule has 0 bridgehead atoms. The highest BCUT2D eigenvalue weighted by Crippen LogP contribution is 2.38. The van der Waals surface area contributed by atoms with Crippen molar-refractivity contribution >= 4 is 10.9 Å². The third-order valence-electron chi connectivity index (χ3n) is 4.19. The van der Waals surface area contributed by atoms with Crippen LogP contribution in [0.25, 0.3) is 33.2 Å². The lowest BCUT2D eigenvalue weighted by Gasteiger charge is -2.10. The zero-order valence-electron chi connectivity index (χ0n) is 12.9. The molecule has 4 nitrogen and oxygen atoms in total. The van der Waals surface area contributed by atoms with E-state index in [2.05, 4.69) is 22.3 Å². The average molecular weight is 304 g/mol. The van der Waals surface area contributed by atoms with Crippen LogP contribution in [0.3, 0.4) is 0 Å². The summed E-state index contributed by atoms with van der Waals surface area (Å²) >= 11 is 0. The van der Waals surface area contributed by atoms with Crippen LogP contribution in [0.4, 0.5) is 0 Å². The van der Waals surface area contributed by atoms with Crippen LogP contribution in [0.15, 0.2) is 53.2 Å². The summed E-state index contributed by atoms with van der Waals surface area (Å²) in [6.07, 6.45) is 1.91. The summed E-state index contributed by atoms with van der Waals surface area (Å²) in [5.74, 6) is 1.06. The van der Waals surface area contributed by atoms with E-state index in [1.807, 2.05) is 44.3 Å². The van der Waals surface area contributed by atoms with Gasteiger partial charge in [-0.05, 0) is 49.2 Å². The van der Waals surface area contributed by atoms with Crippen molar-refractivity contribution in [1.82, 2.24) is 10.1 Å². The summed E-state index contributed by atoms with van der Waals surface area (Å²) in [6.45, 7) is 3.85. The van der Waals surface area contributed by atoms with E-state index < -0.39 is 0 Å². The molecule has 2 aromatic carbocycles. The monoisotopic (exact) mass is 304 g/mol. The number of H-pyrrole nitrogens is 1. The van der Waals surface area contributed by atoms with Gasteiger partial charge in [-0.2, -0.15) is 0 Å². The molecule has 0 unspecified atom stereocenters. The molecular formula is C19H16N2O2. The van der Waals surface area contributed by atoms with E-state index in [1.54, 1.807) is 6.07 Å². The van der Waals surface area contributed by atoms with Crippen molar-refractivity contribution in [3.05, 3.63) is 60.1 Å². The van der Waals surface area contributed by atoms with Gasteiger partial charge in [0.25, 0.3) is 0 Å². The zero-order chi connectivity index (χ0) is 16.0. The number of rotatable bonds is 2. The Morgan fingerprint density at radius 1 is 1.04 bits per heavy atom. The third-order valence-corrected chi connectivity index (χ3v) is 4.19. The first kappa shape index (κ1) is 13.6. The quantitative estimate of drug-likeness (QED) is 0.558. The van der Waals surface area contributed by atoms with Crippen molar-refractivity contribution in [2.45, 2.75) is 13.8 Å². The molecule has 0 atom stereocenters. The fourth-order valence-electron chi connectivity index (χ4n) is 3.13. The largest absolute Gasteiger partial charge is 0.507 e. The lowest BCUT2D eigenvalue weighted by Crippen LogP contribution is -1.86. The molecule has 4 rings (SSSR count). The van der Waals surface area contributed by atoms with Crippen molar-refractivity contribution in [2.24, 2.45) is 0 Å². The van der Waals surface area contributed by atoms with Crippen LogP contribution in [-0.4, -0.2) is 15.2 Å². The van der Waals surface area contributed by atoms with Gasteiger partial charge in [-0.3, -0.25) is 0 Å². The van der Waals surface area contributed by atoms with Crippen molar-refractivity contribution in [3.8, 4) is 28.0 Å². The Hall–Kier alpha value is -3.01. The minimum Gasteiger partial charge on any atom is -0.507 e. The summed E-state index contributed by atoms with van der Waals surface area (Å²) in [4.78, 5) is 3.26. The number of benzene rings is 2. The Labute approximate surface area is 133 Å². The highest BCUT2D eigenvalue weighted by Gasteiger charge is 2.16. The molecule has 4 heteroatoms. The number of nitrogens with zero attached hydrogens (tertiary/aromatic N) is 1. The molecule has 0 radical (unpaired) electrons. The molecule has 2 N–H and O–H groups in total. The van der Waals surface area contributed by atoms with E-state index in [0.717, 1.165) is 44.6 Å². The summed E-state index contributed by atoms with van der Waals surface area (Å²) in [5.41, 5.74) is 5.69. The van der Waals surface area contributed by atoms with Gasteiger partial charge in [0.2, 0.25) is 0 Å². The Morgan fingerprint density at radius 3 is 2.61 bits per heavy atom. The van der Waals surface area contributed by atoms with E-state index in [0.29, 0.717) is 0 Å². The zero-order valence-corrected chi connectivity index (χ0v) is 12.9. The van der Waals surface area contributed by atoms with Crippen LogP contribution in [0, 0.1) is 13.8 Å². The number of aromatic amines is 1. The molecule has 2 aromatic heterocycles. The standard InChI is InChI=1S/C19H16N2O2/c1-11-19(12(2)23-21-11)13-9-16(14-7-8-20-17(14)10-13)15-5-3-4-6-18(15)22/h3-10,20,22H,1-2H3. The number of aromatic nitrogens is 2. The van der Waals surface area contributed by atoms with Gasteiger partial charge >= 0.3 is 0 Å². The molecule has 4 aromatic rings. The van der Waals surface area contributed by atoms with Crippen LogP contribution in [0.5, 0.6) is 5.75 Å². The van der Waals surface area contributed by atoms with Gasteiger partial charge in [-0.15, -0.1) is 0 Å². The molecular weight excluding hydrogens is 288 g/mol. The second kappa shape index (κ2) is 5.02. The topological polar surface area (TPSA) is 62.1 Å². The number of phenolic OH excluding ortho intramolecular Hbond substituents is 1. The number of aromatic hydroxyl groups is 1. The molecule has 0 spiro atoms. The van der Waals surface area contributed by atoms with Gasteiger partial charge < -0.3 is 14.6 Å². The van der Waals surface area contributed by atoms with E-state index in [9.17, 15) is 5.11 Å². The molecule has 114 valence electrons. The molecule has 0 saturated carbocycles. The van der Waals surface area contributed by atoms with E-state index in [-0.39, 0.29) is 5.75 Å². The van der Waals surface area contributed by atoms with E-state index >= 15 is 0 Å². The fourth-order valence-corrected chi connectivity index (χ4v) is 3.13. The molecule has 23 heavy (non-hydrogen) atoms. The number of para-hydroxylation sites is 1. The molecule has 0 amide bonds. The van der Waals surface area contributed by atoms with Crippen molar-refractivity contribution in [1.29, 1.82) is 0 Å². The highest BCUT2D eigenvalue weighted by atomic mass is 16.5. The first-order valence-corrected chi connectivity index (χ1v) is 7.48. The van der Waals surface area contributed by atoms with Gasteiger partial charge in [0, 0.05) is 28.2 Å². The molecule has 0 aliphatic carbocycles. The summed E-state index contributed by atoms with van der Waals surface area (Å²) in [6, 6.07) is 13.6. The number of aryl methyl sites for hydroxylation is 2. The molecule has 2 heterocycles. The maximum Gasteiger partial charge on any atom is 0.141 e. The Morgan fingerprint density at radius 2 is 1.87 bits per heavy atom. The smallest absolute Gasteiger partial charge is 0.141 e. The highest BCUT2D eigenvalue weighted by molar-refractivity contribution is 6.00.